The van der Waals surface area contributed by atoms with Gasteiger partial charge in [-0.1, -0.05) is 0 Å². The number of hydrogen-bond acceptors (Lipinski definition) is 7. The standard InChI is InChI=1S/C7H13N7/c8-5-12-6(9)14-7(13-5)11-4-1-2-10-3-4/h4,10H,1-3H2,(H5,8,9,11,12,13,14)/t4-/m1/s1. The van der Waals surface area contributed by atoms with Crippen LogP contribution in [0.4, 0.5) is 17.8 Å². The van der Waals surface area contributed by atoms with Gasteiger partial charge in [0.15, 0.2) is 0 Å². The van der Waals surface area contributed by atoms with Gasteiger partial charge in [-0.05, 0) is 13.0 Å². The largest absolute Gasteiger partial charge is 0.368 e. The molecule has 7 heteroatoms. The third-order valence-electron chi connectivity index (χ3n) is 2.06. The van der Waals surface area contributed by atoms with Crippen molar-refractivity contribution in [3.63, 3.8) is 0 Å². The van der Waals surface area contributed by atoms with Gasteiger partial charge in [-0.3, -0.25) is 0 Å². The van der Waals surface area contributed by atoms with Gasteiger partial charge in [0.2, 0.25) is 17.8 Å². The summed E-state index contributed by atoms with van der Waals surface area (Å²) in [6.45, 7) is 1.92. The Morgan fingerprint density at radius 3 is 2.50 bits per heavy atom. The van der Waals surface area contributed by atoms with E-state index >= 15 is 0 Å². The first kappa shape index (κ1) is 8.95. The number of rotatable bonds is 2. The zero-order valence-electron chi connectivity index (χ0n) is 7.70. The van der Waals surface area contributed by atoms with Crippen LogP contribution in [0.2, 0.25) is 0 Å². The van der Waals surface area contributed by atoms with Gasteiger partial charge < -0.3 is 22.1 Å². The van der Waals surface area contributed by atoms with Gasteiger partial charge in [0.05, 0.1) is 0 Å². The van der Waals surface area contributed by atoms with Crippen molar-refractivity contribution in [3.8, 4) is 0 Å². The average molecular weight is 195 g/mol. The van der Waals surface area contributed by atoms with Crippen molar-refractivity contribution < 1.29 is 0 Å². The smallest absolute Gasteiger partial charge is 0.229 e. The second-order valence-corrected chi connectivity index (χ2v) is 3.21. The van der Waals surface area contributed by atoms with Crippen LogP contribution in [0.15, 0.2) is 0 Å². The molecule has 1 atom stereocenters. The van der Waals surface area contributed by atoms with Crippen LogP contribution in [-0.2, 0) is 0 Å². The minimum absolute atomic E-state index is 0.144. The minimum Gasteiger partial charge on any atom is -0.368 e. The summed E-state index contributed by atoms with van der Waals surface area (Å²) in [5.41, 5.74) is 10.9. The molecule has 0 unspecified atom stereocenters. The number of anilines is 3. The second-order valence-electron chi connectivity index (χ2n) is 3.21. The predicted octanol–water partition coefficient (Wildman–Crippen LogP) is -1.19. The van der Waals surface area contributed by atoms with E-state index in [0.29, 0.717) is 12.0 Å². The minimum atomic E-state index is 0.144. The highest BCUT2D eigenvalue weighted by molar-refractivity contribution is 5.37. The van der Waals surface area contributed by atoms with E-state index in [1.54, 1.807) is 0 Å². The molecular weight excluding hydrogens is 182 g/mol. The van der Waals surface area contributed by atoms with Gasteiger partial charge in [-0.25, -0.2) is 0 Å². The molecule has 0 aliphatic carbocycles. The first-order valence-corrected chi connectivity index (χ1v) is 4.48. The Morgan fingerprint density at radius 2 is 1.93 bits per heavy atom. The molecule has 1 saturated heterocycles. The number of hydrogen-bond donors (Lipinski definition) is 4. The molecule has 0 saturated carbocycles. The fourth-order valence-electron chi connectivity index (χ4n) is 1.43. The third-order valence-corrected chi connectivity index (χ3v) is 2.06. The lowest BCUT2D eigenvalue weighted by Crippen LogP contribution is -2.24. The molecule has 0 bridgehead atoms. The number of aromatic nitrogens is 3. The quantitative estimate of drug-likeness (QED) is 0.469. The fraction of sp³-hybridized carbons (Fsp3) is 0.571. The average Bonchev–Trinajstić information content (AvgIpc) is 2.54. The molecule has 1 fully saturated rings. The maximum Gasteiger partial charge on any atom is 0.229 e. The van der Waals surface area contributed by atoms with Gasteiger partial charge in [-0.15, -0.1) is 0 Å². The molecule has 2 rings (SSSR count). The Balaban J connectivity index is 2.07. The molecule has 2 heterocycles. The van der Waals surface area contributed by atoms with E-state index < -0.39 is 0 Å². The van der Waals surface area contributed by atoms with Crippen molar-refractivity contribution in [1.29, 1.82) is 0 Å². The van der Waals surface area contributed by atoms with Gasteiger partial charge in [0.25, 0.3) is 0 Å². The lowest BCUT2D eigenvalue weighted by molar-refractivity contribution is 0.779. The highest BCUT2D eigenvalue weighted by Crippen LogP contribution is 2.08. The summed E-state index contributed by atoms with van der Waals surface area (Å²) in [5, 5.41) is 6.36. The van der Waals surface area contributed by atoms with Gasteiger partial charge >= 0.3 is 0 Å². The fourth-order valence-corrected chi connectivity index (χ4v) is 1.43. The van der Waals surface area contributed by atoms with Gasteiger partial charge in [0.1, 0.15) is 0 Å². The van der Waals surface area contributed by atoms with Crippen molar-refractivity contribution in [1.82, 2.24) is 20.3 Å². The molecule has 0 radical (unpaired) electrons. The third kappa shape index (κ3) is 1.99. The highest BCUT2D eigenvalue weighted by Gasteiger charge is 2.15. The Labute approximate surface area is 81.3 Å². The van der Waals surface area contributed by atoms with Crippen LogP contribution in [0.3, 0.4) is 0 Å². The van der Waals surface area contributed by atoms with Crippen LogP contribution in [0.1, 0.15) is 6.42 Å². The summed E-state index contributed by atoms with van der Waals surface area (Å²) < 4.78 is 0. The maximum atomic E-state index is 5.44. The topological polar surface area (TPSA) is 115 Å². The van der Waals surface area contributed by atoms with Crippen LogP contribution in [0.5, 0.6) is 0 Å². The summed E-state index contributed by atoms with van der Waals surface area (Å²) >= 11 is 0. The molecule has 1 aromatic heterocycles. The zero-order chi connectivity index (χ0) is 9.97. The van der Waals surface area contributed by atoms with Crippen LogP contribution >= 0.6 is 0 Å². The Kier molecular flexibility index (Phi) is 2.32. The monoisotopic (exact) mass is 195 g/mol. The van der Waals surface area contributed by atoms with Crippen LogP contribution in [0, 0.1) is 0 Å². The second kappa shape index (κ2) is 3.62. The van der Waals surface area contributed by atoms with E-state index in [1.165, 1.54) is 0 Å². The number of nitrogens with two attached hydrogens (primary N) is 2. The van der Waals surface area contributed by atoms with Crippen LogP contribution in [0.25, 0.3) is 0 Å². The number of nitrogens with zero attached hydrogens (tertiary/aromatic N) is 3. The molecule has 1 aliphatic rings. The SMILES string of the molecule is Nc1nc(N)nc(N[C@@H]2CCNC2)n1. The van der Waals surface area contributed by atoms with E-state index in [9.17, 15) is 0 Å². The summed E-state index contributed by atoms with van der Waals surface area (Å²) in [6.07, 6.45) is 1.05. The predicted molar refractivity (Wildman–Crippen MR) is 53.5 cm³/mol. The molecule has 76 valence electrons. The van der Waals surface area contributed by atoms with Crippen molar-refractivity contribution in [2.24, 2.45) is 0 Å². The summed E-state index contributed by atoms with van der Waals surface area (Å²) in [5.74, 6) is 0.737. The Bertz CT molecular complexity index is 300. The highest BCUT2D eigenvalue weighted by atomic mass is 15.2. The molecule has 0 amide bonds. The van der Waals surface area contributed by atoms with Crippen molar-refractivity contribution in [2.75, 3.05) is 29.9 Å². The van der Waals surface area contributed by atoms with Crippen LogP contribution < -0.4 is 22.1 Å². The first-order chi connectivity index (χ1) is 6.74. The lowest BCUT2D eigenvalue weighted by atomic mass is 10.3. The molecule has 6 N–H and O–H groups in total. The molecule has 1 aromatic rings. The number of nitrogen functional groups attached to an aromatic ring is 2. The summed E-state index contributed by atoms with van der Waals surface area (Å²) in [4.78, 5) is 11.6. The molecule has 0 spiro atoms. The van der Waals surface area contributed by atoms with E-state index in [0.717, 1.165) is 19.5 Å². The lowest BCUT2D eigenvalue weighted by Gasteiger charge is -2.10. The maximum absolute atomic E-state index is 5.44. The van der Waals surface area contributed by atoms with Crippen molar-refractivity contribution >= 4 is 17.8 Å². The van der Waals surface area contributed by atoms with E-state index in [4.69, 9.17) is 11.5 Å². The van der Waals surface area contributed by atoms with Gasteiger partial charge in [0, 0.05) is 12.6 Å². The molecule has 14 heavy (non-hydrogen) atoms. The first-order valence-electron chi connectivity index (χ1n) is 4.48. The molecule has 1 aliphatic heterocycles. The van der Waals surface area contributed by atoms with Crippen LogP contribution in [-0.4, -0.2) is 34.1 Å². The Hall–Kier alpha value is -1.63. The molecule has 0 aromatic carbocycles. The number of nitrogens with one attached hydrogen (secondary N) is 2. The van der Waals surface area contributed by atoms with E-state index in [-0.39, 0.29) is 11.9 Å². The molecule has 7 nitrogen and oxygen atoms in total. The van der Waals surface area contributed by atoms with E-state index in [2.05, 4.69) is 25.6 Å². The summed E-state index contributed by atoms with van der Waals surface area (Å²) in [7, 11) is 0. The van der Waals surface area contributed by atoms with E-state index in [1.807, 2.05) is 0 Å². The van der Waals surface area contributed by atoms with Crippen molar-refractivity contribution in [3.05, 3.63) is 0 Å². The summed E-state index contributed by atoms with van der Waals surface area (Å²) in [6, 6.07) is 0.344. The van der Waals surface area contributed by atoms with Crippen molar-refractivity contribution in [2.45, 2.75) is 12.5 Å². The Morgan fingerprint density at radius 1 is 1.21 bits per heavy atom. The zero-order valence-corrected chi connectivity index (χ0v) is 7.70. The molecular formula is C7H13N7. The normalized spacial score (nSPS) is 21.0. The van der Waals surface area contributed by atoms with Gasteiger partial charge in [-0.2, -0.15) is 15.0 Å².